The van der Waals surface area contributed by atoms with Crippen molar-refractivity contribution in [3.05, 3.63) is 29.3 Å². The minimum Gasteiger partial charge on any atom is -0.269 e. The highest BCUT2D eigenvalue weighted by molar-refractivity contribution is 7.90. The molecule has 0 aliphatic carbocycles. The van der Waals surface area contributed by atoms with E-state index in [2.05, 4.69) is 4.72 Å². The Morgan fingerprint density at radius 2 is 1.86 bits per heavy atom. The highest BCUT2D eigenvalue weighted by Crippen LogP contribution is 2.21. The molecule has 1 aromatic rings. The van der Waals surface area contributed by atoms with Gasteiger partial charge in [-0.05, 0) is 12.1 Å². The summed E-state index contributed by atoms with van der Waals surface area (Å²) in [7, 11) is -0.588. The smallest absolute Gasteiger partial charge is 0.269 e. The molecule has 1 rings (SSSR count). The van der Waals surface area contributed by atoms with Gasteiger partial charge in [0.1, 0.15) is 0 Å². The van der Waals surface area contributed by atoms with Gasteiger partial charge in [0.2, 0.25) is 0 Å². The van der Waals surface area contributed by atoms with E-state index in [1.807, 2.05) is 0 Å². The van der Waals surface area contributed by atoms with Crippen LogP contribution in [-0.4, -0.2) is 26.8 Å². The summed E-state index contributed by atoms with van der Waals surface area (Å²) in [5.41, 5.74) is 0.378. The maximum atomic E-state index is 11.4. The topological polar surface area (TPSA) is 49.4 Å². The fourth-order valence-electron chi connectivity index (χ4n) is 0.774. The number of para-hydroxylation sites is 1. The summed E-state index contributed by atoms with van der Waals surface area (Å²) in [5.74, 6) is 0. The molecule has 0 atom stereocenters. The molecule has 4 nitrogen and oxygen atoms in total. The lowest BCUT2D eigenvalue weighted by atomic mass is 10.3. The van der Waals surface area contributed by atoms with E-state index in [0.717, 1.165) is 4.31 Å². The SMILES string of the molecule is CN(C)S(=O)(=O)Nc1ccccc1Cl. The van der Waals surface area contributed by atoms with Gasteiger partial charge in [-0.15, -0.1) is 0 Å². The van der Waals surface area contributed by atoms with Crippen LogP contribution in [0.2, 0.25) is 5.02 Å². The lowest BCUT2D eigenvalue weighted by molar-refractivity contribution is 0.527. The third-order valence-electron chi connectivity index (χ3n) is 1.59. The fraction of sp³-hybridized carbons (Fsp3) is 0.250. The molecule has 0 heterocycles. The second kappa shape index (κ2) is 4.16. The van der Waals surface area contributed by atoms with E-state index in [1.54, 1.807) is 24.3 Å². The van der Waals surface area contributed by atoms with E-state index >= 15 is 0 Å². The Balaban J connectivity index is 2.96. The van der Waals surface area contributed by atoms with Crippen LogP contribution in [0.15, 0.2) is 24.3 Å². The maximum absolute atomic E-state index is 11.4. The van der Waals surface area contributed by atoms with Crippen LogP contribution in [0.25, 0.3) is 0 Å². The Labute approximate surface area is 88.7 Å². The predicted octanol–water partition coefficient (Wildman–Crippen LogP) is 1.56. The van der Waals surface area contributed by atoms with E-state index in [1.165, 1.54) is 14.1 Å². The van der Waals surface area contributed by atoms with Crippen LogP contribution in [0, 0.1) is 0 Å². The van der Waals surface area contributed by atoms with E-state index in [9.17, 15) is 8.42 Å². The third kappa shape index (κ3) is 2.60. The Hall–Kier alpha value is -0.780. The van der Waals surface area contributed by atoms with E-state index < -0.39 is 10.2 Å². The van der Waals surface area contributed by atoms with Crippen LogP contribution in [0.4, 0.5) is 5.69 Å². The predicted molar refractivity (Wildman–Crippen MR) is 57.7 cm³/mol. The highest BCUT2D eigenvalue weighted by atomic mass is 35.5. The molecule has 1 N–H and O–H groups in total. The van der Waals surface area contributed by atoms with Gasteiger partial charge in [0.25, 0.3) is 0 Å². The van der Waals surface area contributed by atoms with Crippen molar-refractivity contribution in [3.8, 4) is 0 Å². The molecule has 0 saturated heterocycles. The molecule has 78 valence electrons. The van der Waals surface area contributed by atoms with Crippen molar-refractivity contribution in [1.29, 1.82) is 0 Å². The average molecular weight is 235 g/mol. The number of nitrogens with zero attached hydrogens (tertiary/aromatic N) is 1. The molecular formula is C8H11ClN2O2S. The molecular weight excluding hydrogens is 224 g/mol. The van der Waals surface area contributed by atoms with Gasteiger partial charge >= 0.3 is 10.2 Å². The van der Waals surface area contributed by atoms with E-state index in [4.69, 9.17) is 11.6 Å². The van der Waals surface area contributed by atoms with Crippen LogP contribution in [0.3, 0.4) is 0 Å². The molecule has 0 unspecified atom stereocenters. The normalized spacial score (nSPS) is 11.7. The first kappa shape index (κ1) is 11.3. The number of halogens is 1. The van der Waals surface area contributed by atoms with Crippen molar-refractivity contribution in [2.75, 3.05) is 18.8 Å². The number of hydrogen-bond donors (Lipinski definition) is 1. The molecule has 0 saturated carbocycles. The van der Waals surface area contributed by atoms with Crippen LogP contribution < -0.4 is 4.72 Å². The van der Waals surface area contributed by atoms with Crippen molar-refractivity contribution >= 4 is 27.5 Å². The minimum atomic E-state index is -3.47. The van der Waals surface area contributed by atoms with E-state index in [-0.39, 0.29) is 0 Å². The Kier molecular flexibility index (Phi) is 3.36. The standard InChI is InChI=1S/C8H11ClN2O2S/c1-11(2)14(12,13)10-8-6-4-3-5-7(8)9/h3-6,10H,1-2H3. The number of rotatable bonds is 3. The van der Waals surface area contributed by atoms with Crippen molar-refractivity contribution in [2.45, 2.75) is 0 Å². The van der Waals surface area contributed by atoms with Gasteiger partial charge in [-0.25, -0.2) is 0 Å². The monoisotopic (exact) mass is 234 g/mol. The van der Waals surface area contributed by atoms with Gasteiger partial charge in [0.05, 0.1) is 10.7 Å². The fourth-order valence-corrected chi connectivity index (χ4v) is 1.65. The molecule has 0 fully saturated rings. The molecule has 6 heteroatoms. The molecule has 0 spiro atoms. The summed E-state index contributed by atoms with van der Waals surface area (Å²) in [4.78, 5) is 0. The zero-order valence-electron chi connectivity index (χ0n) is 7.86. The summed E-state index contributed by atoms with van der Waals surface area (Å²) in [6, 6.07) is 6.66. The van der Waals surface area contributed by atoms with Gasteiger partial charge in [0, 0.05) is 14.1 Å². The Bertz CT molecular complexity index is 417. The summed E-state index contributed by atoms with van der Waals surface area (Å²) in [5, 5.41) is 0.373. The lowest BCUT2D eigenvalue weighted by Crippen LogP contribution is -2.28. The minimum absolute atomic E-state index is 0.373. The number of anilines is 1. The largest absolute Gasteiger partial charge is 0.301 e. The summed E-state index contributed by atoms with van der Waals surface area (Å²) >= 11 is 5.79. The van der Waals surface area contributed by atoms with Gasteiger partial charge in [-0.1, -0.05) is 23.7 Å². The summed E-state index contributed by atoms with van der Waals surface area (Å²) in [6.07, 6.45) is 0. The van der Waals surface area contributed by atoms with E-state index in [0.29, 0.717) is 10.7 Å². The molecule has 0 aliphatic heterocycles. The first-order valence-electron chi connectivity index (χ1n) is 3.88. The van der Waals surface area contributed by atoms with Crippen LogP contribution in [0.5, 0.6) is 0 Å². The number of nitrogens with one attached hydrogen (secondary N) is 1. The average Bonchev–Trinajstić information content (AvgIpc) is 2.08. The maximum Gasteiger partial charge on any atom is 0.301 e. The molecule has 0 amide bonds. The highest BCUT2D eigenvalue weighted by Gasteiger charge is 2.13. The molecule has 0 bridgehead atoms. The van der Waals surface area contributed by atoms with Gasteiger partial charge < -0.3 is 0 Å². The lowest BCUT2D eigenvalue weighted by Gasteiger charge is -2.13. The molecule has 0 aromatic heterocycles. The van der Waals surface area contributed by atoms with Crippen LogP contribution in [-0.2, 0) is 10.2 Å². The molecule has 14 heavy (non-hydrogen) atoms. The second-order valence-corrected chi connectivity index (χ2v) is 5.16. The van der Waals surface area contributed by atoms with Gasteiger partial charge in [-0.2, -0.15) is 12.7 Å². The quantitative estimate of drug-likeness (QED) is 0.863. The second-order valence-electron chi connectivity index (χ2n) is 2.87. The van der Waals surface area contributed by atoms with Crippen molar-refractivity contribution < 1.29 is 8.42 Å². The number of benzene rings is 1. The van der Waals surface area contributed by atoms with Crippen molar-refractivity contribution in [3.63, 3.8) is 0 Å². The van der Waals surface area contributed by atoms with Crippen molar-refractivity contribution in [2.24, 2.45) is 0 Å². The Morgan fingerprint density at radius 1 is 1.29 bits per heavy atom. The third-order valence-corrected chi connectivity index (χ3v) is 3.36. The first-order chi connectivity index (χ1) is 6.43. The van der Waals surface area contributed by atoms with Crippen molar-refractivity contribution in [1.82, 2.24) is 4.31 Å². The molecule has 0 aliphatic rings. The van der Waals surface area contributed by atoms with Crippen LogP contribution in [0.1, 0.15) is 0 Å². The number of hydrogen-bond acceptors (Lipinski definition) is 2. The zero-order valence-corrected chi connectivity index (χ0v) is 9.43. The first-order valence-corrected chi connectivity index (χ1v) is 5.70. The molecule has 0 radical (unpaired) electrons. The van der Waals surface area contributed by atoms with Crippen LogP contribution >= 0.6 is 11.6 Å². The van der Waals surface area contributed by atoms with Gasteiger partial charge in [0.15, 0.2) is 0 Å². The summed E-state index contributed by atoms with van der Waals surface area (Å²) in [6.45, 7) is 0. The molecule has 1 aromatic carbocycles. The van der Waals surface area contributed by atoms with Gasteiger partial charge in [-0.3, -0.25) is 4.72 Å². The zero-order chi connectivity index (χ0) is 10.8. The Morgan fingerprint density at radius 3 is 2.36 bits per heavy atom. The summed E-state index contributed by atoms with van der Waals surface area (Å²) < 4.78 is 26.2.